The fourth-order valence-corrected chi connectivity index (χ4v) is 8.03. The number of piperidine rings is 2. The zero-order valence-electron chi connectivity index (χ0n) is 31.4. The molecule has 3 aromatic heterocycles. The van der Waals surface area contributed by atoms with Crippen LogP contribution in [-0.4, -0.2) is 90.1 Å². The van der Waals surface area contributed by atoms with Crippen molar-refractivity contribution in [3.05, 3.63) is 90.4 Å². The van der Waals surface area contributed by atoms with E-state index < -0.39 is 29.7 Å². The zero-order chi connectivity index (χ0) is 38.4. The van der Waals surface area contributed by atoms with Gasteiger partial charge in [-0.2, -0.15) is 5.10 Å². The highest BCUT2D eigenvalue weighted by molar-refractivity contribution is 6.24. The highest BCUT2D eigenvalue weighted by Gasteiger charge is 2.46. The second kappa shape index (κ2) is 16.9. The molecule has 2 fully saturated rings. The number of rotatable bonds is 16. The molecule has 8 rings (SSSR count). The van der Waals surface area contributed by atoms with Gasteiger partial charge in [-0.25, -0.2) is 9.50 Å². The van der Waals surface area contributed by atoms with Crippen molar-refractivity contribution in [2.24, 2.45) is 0 Å². The number of hydrogen-bond acceptors (Lipinski definition) is 10. The Morgan fingerprint density at radius 2 is 1.59 bits per heavy atom. The molecule has 14 heteroatoms. The Hall–Kier alpha value is -5.89. The number of benzene rings is 2. The van der Waals surface area contributed by atoms with Crippen molar-refractivity contribution in [3.8, 4) is 17.0 Å². The maximum absolute atomic E-state index is 13.2. The van der Waals surface area contributed by atoms with Gasteiger partial charge < -0.3 is 15.0 Å². The number of nitrogens with one attached hydrogen (secondary N) is 2. The van der Waals surface area contributed by atoms with E-state index in [2.05, 4.69) is 54.7 Å². The molecule has 0 saturated carbocycles. The Labute approximate surface area is 325 Å². The molecule has 14 nitrogen and oxygen atoms in total. The van der Waals surface area contributed by atoms with Gasteiger partial charge in [-0.05, 0) is 62.9 Å². The van der Waals surface area contributed by atoms with Crippen LogP contribution in [0.1, 0.15) is 97.4 Å². The molecule has 5 aromatic rings. The first-order valence-electron chi connectivity index (χ1n) is 19.8. The fraction of sp³-hybridized carbons (Fsp3) is 0.405. The van der Waals surface area contributed by atoms with Gasteiger partial charge in [0.15, 0.2) is 0 Å². The lowest BCUT2D eigenvalue weighted by Gasteiger charge is -2.32. The van der Waals surface area contributed by atoms with Crippen LogP contribution in [-0.2, 0) is 9.59 Å². The van der Waals surface area contributed by atoms with Crippen LogP contribution in [0, 0.1) is 0 Å². The second-order valence-electron chi connectivity index (χ2n) is 14.9. The average molecular weight is 758 g/mol. The van der Waals surface area contributed by atoms with E-state index >= 15 is 0 Å². The number of carbonyl (C=O) groups excluding carboxylic acids is 4. The van der Waals surface area contributed by atoms with Gasteiger partial charge in [0.25, 0.3) is 11.8 Å². The number of amides is 4. The predicted molar refractivity (Wildman–Crippen MR) is 210 cm³/mol. The predicted octanol–water partition coefficient (Wildman–Crippen LogP) is 6.18. The maximum Gasteiger partial charge on any atom is 0.266 e. The van der Waals surface area contributed by atoms with Crippen molar-refractivity contribution < 1.29 is 23.9 Å². The van der Waals surface area contributed by atoms with E-state index in [1.807, 2.05) is 41.2 Å². The van der Waals surface area contributed by atoms with Crippen LogP contribution in [0.15, 0.2) is 79.3 Å². The number of ether oxygens (including phenoxy) is 1. The van der Waals surface area contributed by atoms with E-state index in [0.717, 1.165) is 79.1 Å². The molecule has 3 aliphatic heterocycles. The van der Waals surface area contributed by atoms with E-state index in [9.17, 15) is 19.2 Å². The van der Waals surface area contributed by atoms with Gasteiger partial charge in [0.05, 0.1) is 53.1 Å². The molecule has 1 unspecified atom stereocenters. The molecule has 0 aliphatic carbocycles. The normalized spacial score (nSPS) is 17.8. The van der Waals surface area contributed by atoms with E-state index in [1.165, 1.54) is 25.7 Å². The summed E-state index contributed by atoms with van der Waals surface area (Å²) in [6.45, 7) is 3.71. The molecule has 2 aromatic carbocycles. The van der Waals surface area contributed by atoms with Crippen molar-refractivity contribution in [1.29, 1.82) is 0 Å². The van der Waals surface area contributed by atoms with E-state index in [0.29, 0.717) is 24.3 Å². The quantitative estimate of drug-likeness (QED) is 0.0880. The summed E-state index contributed by atoms with van der Waals surface area (Å²) in [5.74, 6) is -1.20. The molecule has 56 heavy (non-hydrogen) atoms. The molecule has 3 aliphatic rings. The molecule has 290 valence electrons. The Bertz CT molecular complexity index is 2210. The lowest BCUT2D eigenvalue weighted by Crippen LogP contribution is -2.54. The number of aromatic nitrogens is 5. The number of unbranched alkanes of at least 4 members (excludes halogenated alkanes) is 6. The van der Waals surface area contributed by atoms with Crippen LogP contribution in [0.4, 0.5) is 11.6 Å². The summed E-state index contributed by atoms with van der Waals surface area (Å²) in [4.78, 5) is 58.3. The molecular formula is C42H47N9O5. The van der Waals surface area contributed by atoms with Crippen molar-refractivity contribution in [2.75, 3.05) is 31.6 Å². The van der Waals surface area contributed by atoms with Gasteiger partial charge in [0, 0.05) is 31.3 Å². The molecule has 0 radical (unpaired) electrons. The van der Waals surface area contributed by atoms with Crippen LogP contribution in [0.2, 0.25) is 0 Å². The van der Waals surface area contributed by atoms with Gasteiger partial charge in [-0.3, -0.25) is 34.1 Å². The molecule has 6 heterocycles. The van der Waals surface area contributed by atoms with Crippen molar-refractivity contribution in [3.63, 3.8) is 0 Å². The molecule has 1 atom stereocenters. The van der Waals surface area contributed by atoms with Gasteiger partial charge in [-0.1, -0.05) is 68.5 Å². The van der Waals surface area contributed by atoms with Crippen molar-refractivity contribution in [2.45, 2.75) is 82.7 Å². The van der Waals surface area contributed by atoms with Crippen molar-refractivity contribution in [1.82, 2.24) is 39.5 Å². The Kier molecular flexibility index (Phi) is 11.2. The zero-order valence-corrected chi connectivity index (χ0v) is 31.4. The summed E-state index contributed by atoms with van der Waals surface area (Å²) < 4.78 is 9.97. The van der Waals surface area contributed by atoms with Crippen LogP contribution in [0.25, 0.3) is 16.8 Å². The minimum Gasteiger partial charge on any atom is -0.493 e. The number of imide groups is 2. The van der Waals surface area contributed by atoms with Crippen LogP contribution in [0.3, 0.4) is 0 Å². The van der Waals surface area contributed by atoms with Crippen LogP contribution in [0.5, 0.6) is 5.75 Å². The molecule has 2 saturated heterocycles. The number of fused-ring (bicyclic) bond motifs is 2. The fourth-order valence-electron chi connectivity index (χ4n) is 8.03. The largest absolute Gasteiger partial charge is 0.493 e. The monoisotopic (exact) mass is 757 g/mol. The van der Waals surface area contributed by atoms with Crippen molar-refractivity contribution >= 4 is 40.8 Å². The molecule has 0 bridgehead atoms. The summed E-state index contributed by atoms with van der Waals surface area (Å²) in [6.07, 6.45) is 15.9. The average Bonchev–Trinajstić information content (AvgIpc) is 3.93. The summed E-state index contributed by atoms with van der Waals surface area (Å²) in [7, 11) is 0. The minimum absolute atomic E-state index is 0.0858. The molecular weight excluding hydrogens is 711 g/mol. The first-order valence-corrected chi connectivity index (χ1v) is 19.8. The maximum atomic E-state index is 13.2. The van der Waals surface area contributed by atoms with E-state index in [4.69, 9.17) is 9.84 Å². The third-order valence-corrected chi connectivity index (χ3v) is 11.1. The third-order valence-electron chi connectivity index (χ3n) is 11.1. The lowest BCUT2D eigenvalue weighted by atomic mass is 10.0. The number of hydrogen-bond donors (Lipinski definition) is 2. The van der Waals surface area contributed by atoms with E-state index in [1.54, 1.807) is 18.2 Å². The highest BCUT2D eigenvalue weighted by atomic mass is 16.5. The first-order chi connectivity index (χ1) is 27.4. The number of anilines is 2. The summed E-state index contributed by atoms with van der Waals surface area (Å²) in [5, 5.41) is 15.0. The van der Waals surface area contributed by atoms with Gasteiger partial charge in [-0.15, -0.1) is 5.10 Å². The van der Waals surface area contributed by atoms with Gasteiger partial charge in [0.1, 0.15) is 11.8 Å². The van der Waals surface area contributed by atoms with Crippen LogP contribution < -0.4 is 15.4 Å². The standard InChI is InChI=1S/C42H47N9O5/c52-37-19-18-35(39(53)46-37)50-40(54)33-14-11-15-36(38(33)41(50)55)56-25-10-5-3-1-2-4-9-22-48-23-20-31(21-24-48)49-28-30(26-44-49)45-42-43-27-32-16-17-34(51(32)47-42)29-12-7-6-8-13-29/h6-8,11-17,26-28,31,35H,1-5,9-10,18-25H2,(H,45,47)(H,46,52,53). The smallest absolute Gasteiger partial charge is 0.266 e. The molecule has 0 spiro atoms. The van der Waals surface area contributed by atoms with Gasteiger partial charge >= 0.3 is 0 Å². The summed E-state index contributed by atoms with van der Waals surface area (Å²) in [6, 6.07) is 18.7. The first kappa shape index (κ1) is 37.1. The SMILES string of the molecule is O=C1CCC(N2C(=O)c3cccc(OCCCCCCCCCN4CCC(n5cc(Nc6ncc7ccc(-c8ccccc8)n7n6)cn5)CC4)c3C2=O)C(=O)N1. The lowest BCUT2D eigenvalue weighted by molar-refractivity contribution is -0.136. The Balaban J connectivity index is 0.698. The summed E-state index contributed by atoms with van der Waals surface area (Å²) in [5.41, 5.74) is 4.37. The van der Waals surface area contributed by atoms with Gasteiger partial charge in [0.2, 0.25) is 17.8 Å². The molecule has 4 amide bonds. The highest BCUT2D eigenvalue weighted by Crippen LogP contribution is 2.34. The van der Waals surface area contributed by atoms with E-state index in [-0.39, 0.29) is 24.0 Å². The van der Waals surface area contributed by atoms with Crippen LogP contribution >= 0.6 is 0 Å². The summed E-state index contributed by atoms with van der Waals surface area (Å²) >= 11 is 0. The third kappa shape index (κ3) is 8.06. The number of likely N-dealkylation sites (tertiary alicyclic amines) is 1. The number of nitrogens with zero attached hydrogens (tertiary/aromatic N) is 7. The topological polar surface area (TPSA) is 156 Å². The number of carbonyl (C=O) groups is 4. The minimum atomic E-state index is -0.990. The Morgan fingerprint density at radius 1 is 0.804 bits per heavy atom. The second-order valence-corrected chi connectivity index (χ2v) is 14.9. The Morgan fingerprint density at radius 3 is 2.39 bits per heavy atom. The molecule has 2 N–H and O–H groups in total.